The van der Waals surface area contributed by atoms with E-state index in [1.807, 2.05) is 12.1 Å². The molecule has 0 unspecified atom stereocenters. The van der Waals surface area contributed by atoms with Crippen LogP contribution in [0.25, 0.3) is 0 Å². The molecule has 0 spiro atoms. The van der Waals surface area contributed by atoms with E-state index in [-0.39, 0.29) is 5.02 Å². The smallest absolute Gasteiger partial charge is 0.143 e. The fourth-order valence-corrected chi connectivity index (χ4v) is 2.18. The number of hydrogen-bond donors (Lipinski definition) is 1. The molecule has 1 nitrogen and oxygen atoms in total. The summed E-state index contributed by atoms with van der Waals surface area (Å²) in [7, 11) is 0. The molecular formula is C13H9BrCl2FN. The van der Waals surface area contributed by atoms with Crippen LogP contribution in [-0.4, -0.2) is 0 Å². The maximum atomic E-state index is 13.2. The van der Waals surface area contributed by atoms with Gasteiger partial charge in [-0.15, -0.1) is 0 Å². The van der Waals surface area contributed by atoms with Crippen molar-refractivity contribution in [3.05, 3.63) is 62.3 Å². The highest BCUT2D eigenvalue weighted by Gasteiger charge is 2.03. The molecule has 2 aromatic carbocycles. The van der Waals surface area contributed by atoms with Gasteiger partial charge < -0.3 is 5.32 Å². The maximum absolute atomic E-state index is 13.2. The van der Waals surface area contributed by atoms with Gasteiger partial charge in [-0.05, 0) is 42.0 Å². The van der Waals surface area contributed by atoms with Gasteiger partial charge >= 0.3 is 0 Å². The molecule has 0 radical (unpaired) electrons. The summed E-state index contributed by atoms with van der Waals surface area (Å²) in [4.78, 5) is 0. The van der Waals surface area contributed by atoms with Gasteiger partial charge in [0, 0.05) is 21.7 Å². The Morgan fingerprint density at radius 3 is 2.61 bits per heavy atom. The Hall–Kier alpha value is -0.770. The van der Waals surface area contributed by atoms with Gasteiger partial charge in [0.2, 0.25) is 0 Å². The molecule has 0 aliphatic rings. The van der Waals surface area contributed by atoms with Crippen LogP contribution in [0.1, 0.15) is 5.56 Å². The summed E-state index contributed by atoms with van der Waals surface area (Å²) in [6.07, 6.45) is 0. The summed E-state index contributed by atoms with van der Waals surface area (Å²) in [6, 6.07) is 10.1. The van der Waals surface area contributed by atoms with E-state index in [4.69, 9.17) is 23.2 Å². The van der Waals surface area contributed by atoms with Crippen molar-refractivity contribution in [2.45, 2.75) is 6.54 Å². The SMILES string of the molecule is Fc1cc(NCc2cc(Cl)ccc2Br)ccc1Cl. The summed E-state index contributed by atoms with van der Waals surface area (Å²) in [5.41, 5.74) is 1.67. The van der Waals surface area contributed by atoms with Crippen LogP contribution in [0, 0.1) is 5.82 Å². The van der Waals surface area contributed by atoms with Crippen molar-refractivity contribution in [2.24, 2.45) is 0 Å². The van der Waals surface area contributed by atoms with E-state index in [2.05, 4.69) is 21.2 Å². The fourth-order valence-electron chi connectivity index (χ4n) is 1.48. The lowest BCUT2D eigenvalue weighted by Gasteiger charge is -2.09. The van der Waals surface area contributed by atoms with Crippen LogP contribution in [0.5, 0.6) is 0 Å². The highest BCUT2D eigenvalue weighted by molar-refractivity contribution is 9.10. The van der Waals surface area contributed by atoms with E-state index >= 15 is 0 Å². The average molecular weight is 349 g/mol. The maximum Gasteiger partial charge on any atom is 0.143 e. The minimum atomic E-state index is -0.438. The molecule has 2 rings (SSSR count). The minimum absolute atomic E-state index is 0.115. The zero-order chi connectivity index (χ0) is 13.1. The summed E-state index contributed by atoms with van der Waals surface area (Å²) in [5.74, 6) is -0.438. The van der Waals surface area contributed by atoms with E-state index < -0.39 is 5.82 Å². The Balaban J connectivity index is 2.11. The van der Waals surface area contributed by atoms with Crippen molar-refractivity contribution in [3.63, 3.8) is 0 Å². The second-order valence-corrected chi connectivity index (χ2v) is 5.42. The molecule has 0 heterocycles. The number of halogens is 4. The highest BCUT2D eigenvalue weighted by atomic mass is 79.9. The highest BCUT2D eigenvalue weighted by Crippen LogP contribution is 2.23. The van der Waals surface area contributed by atoms with Gasteiger partial charge in [0.05, 0.1) is 5.02 Å². The second-order valence-electron chi connectivity index (χ2n) is 3.72. The van der Waals surface area contributed by atoms with Crippen molar-refractivity contribution < 1.29 is 4.39 Å². The zero-order valence-electron chi connectivity index (χ0n) is 9.18. The van der Waals surface area contributed by atoms with E-state index in [0.29, 0.717) is 17.3 Å². The normalized spacial score (nSPS) is 10.4. The Bertz CT molecular complexity index is 575. The molecule has 0 fully saturated rings. The standard InChI is InChI=1S/C13H9BrCl2FN/c14-11-3-1-9(15)5-8(11)7-18-10-2-4-12(16)13(17)6-10/h1-6,18H,7H2. The molecular weight excluding hydrogens is 340 g/mol. The molecule has 0 saturated carbocycles. The predicted octanol–water partition coefficient (Wildman–Crippen LogP) is 5.51. The first kappa shape index (κ1) is 13.7. The quantitative estimate of drug-likeness (QED) is 0.771. The number of anilines is 1. The molecule has 18 heavy (non-hydrogen) atoms. The summed E-state index contributed by atoms with van der Waals surface area (Å²) in [6.45, 7) is 0.544. The Labute approximate surface area is 123 Å². The lowest BCUT2D eigenvalue weighted by molar-refractivity contribution is 0.628. The molecule has 0 aliphatic heterocycles. The van der Waals surface area contributed by atoms with Crippen LogP contribution in [0.15, 0.2) is 40.9 Å². The van der Waals surface area contributed by atoms with Crippen LogP contribution in [0.3, 0.4) is 0 Å². The monoisotopic (exact) mass is 347 g/mol. The van der Waals surface area contributed by atoms with E-state index in [1.54, 1.807) is 12.1 Å². The molecule has 0 saturated heterocycles. The molecule has 0 aliphatic carbocycles. The number of hydrogen-bond acceptors (Lipinski definition) is 1. The first-order valence-electron chi connectivity index (χ1n) is 5.19. The number of rotatable bonds is 3. The Morgan fingerprint density at radius 1 is 1.11 bits per heavy atom. The summed E-state index contributed by atoms with van der Waals surface area (Å²) >= 11 is 15.0. The molecule has 2 aromatic rings. The fraction of sp³-hybridized carbons (Fsp3) is 0.0769. The number of benzene rings is 2. The van der Waals surface area contributed by atoms with Gasteiger partial charge in [-0.3, -0.25) is 0 Å². The topological polar surface area (TPSA) is 12.0 Å². The lowest BCUT2D eigenvalue weighted by atomic mass is 10.2. The van der Waals surface area contributed by atoms with E-state index in [1.165, 1.54) is 12.1 Å². The van der Waals surface area contributed by atoms with Gasteiger partial charge in [0.25, 0.3) is 0 Å². The van der Waals surface area contributed by atoms with Crippen molar-refractivity contribution >= 4 is 44.8 Å². The second kappa shape index (κ2) is 5.91. The lowest BCUT2D eigenvalue weighted by Crippen LogP contribution is -2.00. The third-order valence-corrected chi connectivity index (χ3v) is 3.73. The van der Waals surface area contributed by atoms with Crippen LogP contribution in [0.2, 0.25) is 10.0 Å². The van der Waals surface area contributed by atoms with Gasteiger partial charge in [-0.1, -0.05) is 39.1 Å². The molecule has 1 N–H and O–H groups in total. The van der Waals surface area contributed by atoms with Crippen molar-refractivity contribution in [1.29, 1.82) is 0 Å². The first-order chi connectivity index (χ1) is 8.56. The largest absolute Gasteiger partial charge is 0.381 e. The van der Waals surface area contributed by atoms with Crippen LogP contribution in [0.4, 0.5) is 10.1 Å². The number of nitrogens with one attached hydrogen (secondary N) is 1. The Morgan fingerprint density at radius 2 is 1.89 bits per heavy atom. The molecule has 0 aromatic heterocycles. The zero-order valence-corrected chi connectivity index (χ0v) is 12.3. The molecule has 0 atom stereocenters. The van der Waals surface area contributed by atoms with Crippen LogP contribution >= 0.6 is 39.1 Å². The van der Waals surface area contributed by atoms with E-state index in [0.717, 1.165) is 10.0 Å². The van der Waals surface area contributed by atoms with E-state index in [9.17, 15) is 4.39 Å². The van der Waals surface area contributed by atoms with Gasteiger partial charge in [-0.25, -0.2) is 4.39 Å². The van der Waals surface area contributed by atoms with Crippen molar-refractivity contribution in [3.8, 4) is 0 Å². The van der Waals surface area contributed by atoms with Crippen molar-refractivity contribution in [1.82, 2.24) is 0 Å². The molecule has 0 amide bonds. The third kappa shape index (κ3) is 3.37. The van der Waals surface area contributed by atoms with Crippen molar-refractivity contribution in [2.75, 3.05) is 5.32 Å². The molecule has 5 heteroatoms. The van der Waals surface area contributed by atoms with Gasteiger partial charge in [-0.2, -0.15) is 0 Å². The van der Waals surface area contributed by atoms with Crippen LogP contribution < -0.4 is 5.32 Å². The third-order valence-electron chi connectivity index (χ3n) is 2.41. The summed E-state index contributed by atoms with van der Waals surface area (Å²) < 4.78 is 14.2. The average Bonchev–Trinajstić information content (AvgIpc) is 2.34. The van der Waals surface area contributed by atoms with Crippen LogP contribution in [-0.2, 0) is 6.54 Å². The van der Waals surface area contributed by atoms with Gasteiger partial charge in [0.15, 0.2) is 0 Å². The molecule has 94 valence electrons. The predicted molar refractivity (Wildman–Crippen MR) is 77.9 cm³/mol. The summed E-state index contributed by atoms with van der Waals surface area (Å²) in [5, 5.41) is 3.89. The van der Waals surface area contributed by atoms with Gasteiger partial charge in [0.1, 0.15) is 5.82 Å². The Kier molecular flexibility index (Phi) is 4.49. The first-order valence-corrected chi connectivity index (χ1v) is 6.74. The minimum Gasteiger partial charge on any atom is -0.381 e. The molecule has 0 bridgehead atoms.